The second-order valence-electron chi connectivity index (χ2n) is 6.41. The maximum absolute atomic E-state index is 11.7. The van der Waals surface area contributed by atoms with Crippen LogP contribution in [0.25, 0.3) is 17.1 Å². The van der Waals surface area contributed by atoms with Crippen molar-refractivity contribution in [2.45, 2.75) is 45.8 Å². The molecule has 0 aliphatic rings. The number of aliphatic hydroxyl groups is 1. The highest BCUT2D eigenvalue weighted by atomic mass is 16.6. The molecule has 5 heteroatoms. The number of rotatable bonds is 4. The predicted octanol–water partition coefficient (Wildman–Crippen LogP) is 3.43. The molecule has 1 aromatic heterocycles. The summed E-state index contributed by atoms with van der Waals surface area (Å²) in [6.07, 6.45) is 4.75. The van der Waals surface area contributed by atoms with Crippen LogP contribution >= 0.6 is 0 Å². The maximum atomic E-state index is 11.7. The SMILES string of the molecule is C[C@@H](O)c1cnc2ccc(C=CCC(=O)OC(C)(C)C)cc2n1. The van der Waals surface area contributed by atoms with Crippen molar-refractivity contribution in [2.24, 2.45) is 0 Å². The molecule has 0 saturated carbocycles. The highest BCUT2D eigenvalue weighted by Crippen LogP contribution is 2.17. The molecule has 0 aliphatic carbocycles. The average molecular weight is 314 g/mol. The maximum Gasteiger partial charge on any atom is 0.310 e. The van der Waals surface area contributed by atoms with Crippen molar-refractivity contribution in [3.05, 3.63) is 41.7 Å². The van der Waals surface area contributed by atoms with Crippen molar-refractivity contribution < 1.29 is 14.6 Å². The van der Waals surface area contributed by atoms with Crippen LogP contribution in [0.15, 0.2) is 30.5 Å². The molecule has 0 amide bonds. The van der Waals surface area contributed by atoms with E-state index >= 15 is 0 Å². The fourth-order valence-electron chi connectivity index (χ4n) is 2.02. The Labute approximate surface area is 136 Å². The summed E-state index contributed by atoms with van der Waals surface area (Å²) in [5, 5.41) is 9.58. The fourth-order valence-corrected chi connectivity index (χ4v) is 2.02. The largest absolute Gasteiger partial charge is 0.460 e. The lowest BCUT2D eigenvalue weighted by Gasteiger charge is -2.18. The van der Waals surface area contributed by atoms with Gasteiger partial charge in [-0.3, -0.25) is 9.78 Å². The normalized spacial score (nSPS) is 13.4. The van der Waals surface area contributed by atoms with Gasteiger partial charge in [-0.1, -0.05) is 18.2 Å². The topological polar surface area (TPSA) is 72.3 Å². The van der Waals surface area contributed by atoms with E-state index in [1.54, 1.807) is 19.2 Å². The lowest BCUT2D eigenvalue weighted by atomic mass is 10.1. The molecule has 1 heterocycles. The molecule has 1 atom stereocenters. The lowest BCUT2D eigenvalue weighted by Crippen LogP contribution is -2.23. The number of carbonyl (C=O) groups is 1. The van der Waals surface area contributed by atoms with Crippen LogP contribution < -0.4 is 0 Å². The van der Waals surface area contributed by atoms with E-state index in [0.29, 0.717) is 11.2 Å². The third-order valence-electron chi connectivity index (χ3n) is 3.03. The van der Waals surface area contributed by atoms with Crippen LogP contribution in [-0.4, -0.2) is 26.6 Å². The number of fused-ring (bicyclic) bond motifs is 1. The Bertz CT molecular complexity index is 731. The smallest absolute Gasteiger partial charge is 0.310 e. The molecule has 0 saturated heterocycles. The van der Waals surface area contributed by atoms with Crippen molar-refractivity contribution in [1.29, 1.82) is 0 Å². The van der Waals surface area contributed by atoms with Gasteiger partial charge in [0.1, 0.15) is 5.60 Å². The van der Waals surface area contributed by atoms with Crippen LogP contribution in [0.5, 0.6) is 0 Å². The van der Waals surface area contributed by atoms with Crippen molar-refractivity contribution in [3.63, 3.8) is 0 Å². The zero-order valence-electron chi connectivity index (χ0n) is 13.9. The molecule has 1 N–H and O–H groups in total. The van der Waals surface area contributed by atoms with Gasteiger partial charge in [0.05, 0.1) is 35.4 Å². The number of ether oxygens (including phenoxy) is 1. The second-order valence-corrected chi connectivity index (χ2v) is 6.41. The highest BCUT2D eigenvalue weighted by molar-refractivity contribution is 5.78. The second kappa shape index (κ2) is 6.87. The lowest BCUT2D eigenvalue weighted by molar-refractivity contribution is -0.153. The quantitative estimate of drug-likeness (QED) is 0.875. The molecular weight excluding hydrogens is 292 g/mol. The van der Waals surface area contributed by atoms with Gasteiger partial charge in [0.2, 0.25) is 0 Å². The van der Waals surface area contributed by atoms with E-state index < -0.39 is 11.7 Å². The zero-order chi connectivity index (χ0) is 17.0. The molecule has 0 unspecified atom stereocenters. The highest BCUT2D eigenvalue weighted by Gasteiger charge is 2.14. The first-order valence-corrected chi connectivity index (χ1v) is 7.58. The first kappa shape index (κ1) is 17.1. The van der Waals surface area contributed by atoms with Gasteiger partial charge < -0.3 is 9.84 Å². The van der Waals surface area contributed by atoms with E-state index in [-0.39, 0.29) is 12.4 Å². The van der Waals surface area contributed by atoms with Gasteiger partial charge in [-0.15, -0.1) is 0 Å². The predicted molar refractivity (Wildman–Crippen MR) is 89.7 cm³/mol. The van der Waals surface area contributed by atoms with E-state index in [1.165, 1.54) is 0 Å². The summed E-state index contributed by atoms with van der Waals surface area (Å²) in [6, 6.07) is 5.64. The number of aliphatic hydroxyl groups excluding tert-OH is 1. The van der Waals surface area contributed by atoms with Crippen LogP contribution in [0.4, 0.5) is 0 Å². The molecular formula is C18H22N2O3. The standard InChI is InChI=1S/C18H22N2O3/c1-12(21)16-11-19-14-9-8-13(10-15(14)20-16)6-5-7-17(22)23-18(2,3)4/h5-6,8-12,21H,7H2,1-4H3/t12-/m1/s1. The number of hydrogen-bond acceptors (Lipinski definition) is 5. The van der Waals surface area contributed by atoms with Gasteiger partial charge >= 0.3 is 5.97 Å². The molecule has 0 aliphatic heterocycles. The minimum atomic E-state index is -0.654. The number of hydrogen-bond donors (Lipinski definition) is 1. The van der Waals surface area contributed by atoms with E-state index in [2.05, 4.69) is 9.97 Å². The Morgan fingerprint density at radius 2 is 2.09 bits per heavy atom. The number of aromatic nitrogens is 2. The number of benzene rings is 1. The fraction of sp³-hybridized carbons (Fsp3) is 0.389. The first-order valence-electron chi connectivity index (χ1n) is 7.58. The third kappa shape index (κ3) is 5.14. The summed E-state index contributed by atoms with van der Waals surface area (Å²) in [5.41, 5.74) is 2.45. The van der Waals surface area contributed by atoms with E-state index in [4.69, 9.17) is 4.74 Å². The minimum Gasteiger partial charge on any atom is -0.460 e. The number of esters is 1. The molecule has 0 spiro atoms. The molecule has 0 fully saturated rings. The summed E-state index contributed by atoms with van der Waals surface area (Å²) < 4.78 is 5.25. The van der Waals surface area contributed by atoms with Gasteiger partial charge in [-0.2, -0.15) is 0 Å². The molecule has 5 nitrogen and oxygen atoms in total. The Balaban J connectivity index is 2.11. The zero-order valence-corrected chi connectivity index (χ0v) is 13.9. The summed E-state index contributed by atoms with van der Waals surface area (Å²) in [7, 11) is 0. The Kier molecular flexibility index (Phi) is 5.11. The van der Waals surface area contributed by atoms with Gasteiger partial charge in [0, 0.05) is 0 Å². The third-order valence-corrected chi connectivity index (χ3v) is 3.03. The minimum absolute atomic E-state index is 0.217. The van der Waals surface area contributed by atoms with E-state index in [9.17, 15) is 9.90 Å². The van der Waals surface area contributed by atoms with Gasteiger partial charge in [-0.05, 0) is 45.4 Å². The molecule has 1 aromatic carbocycles. The molecule has 0 bridgehead atoms. The molecule has 0 radical (unpaired) electrons. The number of carbonyl (C=O) groups excluding carboxylic acids is 1. The van der Waals surface area contributed by atoms with Crippen molar-refractivity contribution in [3.8, 4) is 0 Å². The van der Waals surface area contributed by atoms with E-state index in [0.717, 1.165) is 11.1 Å². The molecule has 2 rings (SSSR count). The monoisotopic (exact) mass is 314 g/mol. The Hall–Kier alpha value is -2.27. The van der Waals surface area contributed by atoms with Crippen LogP contribution in [0.3, 0.4) is 0 Å². The number of nitrogens with zero attached hydrogens (tertiary/aromatic N) is 2. The van der Waals surface area contributed by atoms with Crippen LogP contribution in [0, 0.1) is 0 Å². The van der Waals surface area contributed by atoms with Gasteiger partial charge in [0.15, 0.2) is 0 Å². The Morgan fingerprint density at radius 3 is 2.74 bits per heavy atom. The summed E-state index contributed by atoms with van der Waals surface area (Å²) in [6.45, 7) is 7.18. The van der Waals surface area contributed by atoms with Crippen LogP contribution in [0.2, 0.25) is 0 Å². The van der Waals surface area contributed by atoms with Crippen molar-refractivity contribution in [1.82, 2.24) is 9.97 Å². The van der Waals surface area contributed by atoms with Crippen LogP contribution in [-0.2, 0) is 9.53 Å². The first-order chi connectivity index (χ1) is 10.7. The molecule has 23 heavy (non-hydrogen) atoms. The summed E-state index contributed by atoms with van der Waals surface area (Å²) >= 11 is 0. The average Bonchev–Trinajstić information content (AvgIpc) is 2.44. The van der Waals surface area contributed by atoms with Gasteiger partial charge in [-0.25, -0.2) is 4.98 Å². The molecule has 122 valence electrons. The summed E-state index contributed by atoms with van der Waals surface area (Å²) in [5.74, 6) is -0.259. The van der Waals surface area contributed by atoms with Crippen molar-refractivity contribution >= 4 is 23.1 Å². The summed E-state index contributed by atoms with van der Waals surface area (Å²) in [4.78, 5) is 20.3. The van der Waals surface area contributed by atoms with Crippen LogP contribution in [0.1, 0.15) is 51.5 Å². The van der Waals surface area contributed by atoms with Crippen molar-refractivity contribution in [2.75, 3.05) is 0 Å². The van der Waals surface area contributed by atoms with E-state index in [1.807, 2.05) is 45.0 Å². The van der Waals surface area contributed by atoms with Gasteiger partial charge in [0.25, 0.3) is 0 Å². The Morgan fingerprint density at radius 1 is 1.35 bits per heavy atom. The molecule has 2 aromatic rings.